The van der Waals surface area contributed by atoms with Gasteiger partial charge in [-0.15, -0.1) is 0 Å². The lowest BCUT2D eigenvalue weighted by Crippen LogP contribution is -2.22. The van der Waals surface area contributed by atoms with E-state index in [1.54, 1.807) is 44.7 Å². The van der Waals surface area contributed by atoms with Gasteiger partial charge in [0, 0.05) is 12.1 Å². The maximum absolute atomic E-state index is 12.2. The van der Waals surface area contributed by atoms with Gasteiger partial charge in [-0.25, -0.2) is 0 Å². The highest BCUT2D eigenvalue weighted by molar-refractivity contribution is 5.95. The molecule has 24 heavy (non-hydrogen) atoms. The molecule has 1 amide bonds. The van der Waals surface area contributed by atoms with Crippen molar-refractivity contribution in [2.75, 3.05) is 21.3 Å². The molecule has 0 spiro atoms. The monoisotopic (exact) mass is 328 g/mol. The summed E-state index contributed by atoms with van der Waals surface area (Å²) in [6, 6.07) is 12.6. The van der Waals surface area contributed by atoms with E-state index in [-0.39, 0.29) is 5.91 Å². The minimum absolute atomic E-state index is 0.153. The van der Waals surface area contributed by atoms with Crippen LogP contribution in [0.15, 0.2) is 47.6 Å². The first-order valence-corrected chi connectivity index (χ1v) is 7.33. The maximum Gasteiger partial charge on any atom is 0.251 e. The Hall–Kier alpha value is -3.02. The van der Waals surface area contributed by atoms with Gasteiger partial charge >= 0.3 is 0 Å². The molecule has 0 fully saturated rings. The number of oxime groups is 1. The fourth-order valence-corrected chi connectivity index (χ4v) is 2.11. The summed E-state index contributed by atoms with van der Waals surface area (Å²) < 4.78 is 10.4. The van der Waals surface area contributed by atoms with Crippen LogP contribution in [0.25, 0.3) is 0 Å². The molecule has 0 aliphatic heterocycles. The number of hydrogen-bond acceptors (Lipinski definition) is 5. The smallest absolute Gasteiger partial charge is 0.251 e. The molecule has 2 aromatic rings. The van der Waals surface area contributed by atoms with Crippen molar-refractivity contribution < 1.29 is 19.1 Å². The first-order valence-electron chi connectivity index (χ1n) is 7.33. The number of hydrogen-bond donors (Lipinski definition) is 1. The second-order valence-electron chi connectivity index (χ2n) is 4.91. The molecule has 0 unspecified atom stereocenters. The van der Waals surface area contributed by atoms with Crippen molar-refractivity contribution in [1.82, 2.24) is 5.32 Å². The van der Waals surface area contributed by atoms with Crippen LogP contribution >= 0.6 is 0 Å². The summed E-state index contributed by atoms with van der Waals surface area (Å²) in [6.07, 6.45) is 1.57. The van der Waals surface area contributed by atoms with Gasteiger partial charge in [-0.05, 0) is 35.4 Å². The Labute approximate surface area is 141 Å². The Bertz CT molecular complexity index is 711. The van der Waals surface area contributed by atoms with E-state index in [1.165, 1.54) is 7.11 Å². The van der Waals surface area contributed by atoms with Crippen molar-refractivity contribution in [3.63, 3.8) is 0 Å². The summed E-state index contributed by atoms with van der Waals surface area (Å²) in [4.78, 5) is 16.8. The maximum atomic E-state index is 12.2. The van der Waals surface area contributed by atoms with Gasteiger partial charge in [-0.2, -0.15) is 0 Å². The predicted octanol–water partition coefficient (Wildman–Crippen LogP) is 2.61. The number of benzene rings is 2. The van der Waals surface area contributed by atoms with Gasteiger partial charge in [0.1, 0.15) is 7.11 Å². The molecule has 6 nitrogen and oxygen atoms in total. The lowest BCUT2D eigenvalue weighted by Gasteiger charge is -2.10. The number of amides is 1. The van der Waals surface area contributed by atoms with Crippen LogP contribution in [0.4, 0.5) is 0 Å². The van der Waals surface area contributed by atoms with Crippen LogP contribution in [0, 0.1) is 0 Å². The van der Waals surface area contributed by atoms with Gasteiger partial charge in [0.25, 0.3) is 5.91 Å². The zero-order valence-electron chi connectivity index (χ0n) is 13.9. The zero-order valence-corrected chi connectivity index (χ0v) is 13.9. The number of ether oxygens (including phenoxy) is 2. The predicted molar refractivity (Wildman–Crippen MR) is 91.8 cm³/mol. The van der Waals surface area contributed by atoms with Crippen LogP contribution in [-0.4, -0.2) is 33.5 Å². The van der Waals surface area contributed by atoms with Crippen LogP contribution in [0.5, 0.6) is 11.5 Å². The van der Waals surface area contributed by atoms with Crippen LogP contribution < -0.4 is 14.8 Å². The van der Waals surface area contributed by atoms with Crippen LogP contribution in [0.1, 0.15) is 21.5 Å². The van der Waals surface area contributed by atoms with Gasteiger partial charge in [0.05, 0.1) is 20.4 Å². The van der Waals surface area contributed by atoms with Gasteiger partial charge in [-0.1, -0.05) is 23.4 Å². The number of nitrogens with zero attached hydrogens (tertiary/aromatic N) is 1. The van der Waals surface area contributed by atoms with Crippen molar-refractivity contribution in [2.24, 2.45) is 5.16 Å². The number of nitrogens with one attached hydrogen (secondary N) is 1. The molecule has 0 aliphatic rings. The molecule has 0 radical (unpaired) electrons. The largest absolute Gasteiger partial charge is 0.493 e. The second kappa shape index (κ2) is 8.57. The summed E-state index contributed by atoms with van der Waals surface area (Å²) >= 11 is 0. The highest BCUT2D eigenvalue weighted by Gasteiger charge is 2.07. The molecule has 0 saturated heterocycles. The molecule has 0 aliphatic carbocycles. The number of carbonyl (C=O) groups excluding carboxylic acids is 1. The van der Waals surface area contributed by atoms with Crippen molar-refractivity contribution in [3.05, 3.63) is 59.2 Å². The van der Waals surface area contributed by atoms with E-state index >= 15 is 0 Å². The third-order valence-electron chi connectivity index (χ3n) is 3.38. The van der Waals surface area contributed by atoms with Crippen molar-refractivity contribution in [2.45, 2.75) is 6.54 Å². The first kappa shape index (κ1) is 17.3. The van der Waals surface area contributed by atoms with E-state index in [2.05, 4.69) is 15.3 Å². The number of rotatable bonds is 7. The van der Waals surface area contributed by atoms with Crippen LogP contribution in [-0.2, 0) is 11.4 Å². The third kappa shape index (κ3) is 4.49. The second-order valence-corrected chi connectivity index (χ2v) is 4.91. The van der Waals surface area contributed by atoms with E-state index in [1.807, 2.05) is 18.2 Å². The molecule has 0 atom stereocenters. The third-order valence-corrected chi connectivity index (χ3v) is 3.38. The highest BCUT2D eigenvalue weighted by atomic mass is 16.6. The van der Waals surface area contributed by atoms with Crippen LogP contribution in [0.2, 0.25) is 0 Å². The van der Waals surface area contributed by atoms with E-state index < -0.39 is 0 Å². The Morgan fingerprint density at radius 1 is 1.04 bits per heavy atom. The molecule has 0 heterocycles. The van der Waals surface area contributed by atoms with Crippen molar-refractivity contribution in [1.29, 1.82) is 0 Å². The average Bonchev–Trinajstić information content (AvgIpc) is 2.64. The van der Waals surface area contributed by atoms with E-state index in [9.17, 15) is 4.79 Å². The Kier molecular flexibility index (Phi) is 6.19. The normalized spacial score (nSPS) is 10.5. The average molecular weight is 328 g/mol. The molecule has 2 rings (SSSR count). The number of methoxy groups -OCH3 is 2. The fraction of sp³-hybridized carbons (Fsp3) is 0.222. The molecular weight excluding hydrogens is 308 g/mol. The Morgan fingerprint density at radius 2 is 1.75 bits per heavy atom. The highest BCUT2D eigenvalue weighted by Crippen LogP contribution is 2.27. The topological polar surface area (TPSA) is 69.2 Å². The summed E-state index contributed by atoms with van der Waals surface area (Å²) in [6.45, 7) is 0.395. The molecule has 1 N–H and O–H groups in total. The lowest BCUT2D eigenvalue weighted by atomic mass is 10.1. The Balaban J connectivity index is 1.99. The molecule has 0 bridgehead atoms. The van der Waals surface area contributed by atoms with Gasteiger partial charge < -0.3 is 19.6 Å². The zero-order chi connectivity index (χ0) is 17.4. The van der Waals surface area contributed by atoms with E-state index in [0.29, 0.717) is 23.6 Å². The lowest BCUT2D eigenvalue weighted by molar-refractivity contribution is 0.0951. The number of carbonyl (C=O) groups is 1. The van der Waals surface area contributed by atoms with Crippen molar-refractivity contribution in [3.8, 4) is 11.5 Å². The molecule has 126 valence electrons. The summed E-state index contributed by atoms with van der Waals surface area (Å²) in [7, 11) is 4.64. The fourth-order valence-electron chi connectivity index (χ4n) is 2.11. The van der Waals surface area contributed by atoms with E-state index in [0.717, 1.165) is 11.1 Å². The van der Waals surface area contributed by atoms with Gasteiger partial charge in [0.2, 0.25) is 0 Å². The van der Waals surface area contributed by atoms with E-state index in [4.69, 9.17) is 9.47 Å². The minimum Gasteiger partial charge on any atom is -0.493 e. The first-order chi connectivity index (χ1) is 11.7. The van der Waals surface area contributed by atoms with Crippen LogP contribution in [0.3, 0.4) is 0 Å². The molecule has 2 aromatic carbocycles. The molecule has 6 heteroatoms. The summed E-state index contributed by atoms with van der Waals surface area (Å²) in [5.74, 6) is 1.13. The quantitative estimate of drug-likeness (QED) is 0.626. The molecular formula is C18H20N2O4. The summed E-state index contributed by atoms with van der Waals surface area (Å²) in [5.41, 5.74) is 2.35. The standard InChI is InChI=1S/C18H20N2O4/c1-22-16-9-6-14(10-17(16)23-2)11-19-18(21)15-7-4-13(5-8-15)12-20-24-3/h4-10,12H,11H2,1-3H3,(H,19,21)/b20-12+. The van der Waals surface area contributed by atoms with Gasteiger partial charge in [0.15, 0.2) is 11.5 Å². The molecule has 0 saturated carbocycles. The Morgan fingerprint density at radius 3 is 2.38 bits per heavy atom. The van der Waals surface area contributed by atoms with Crippen molar-refractivity contribution >= 4 is 12.1 Å². The summed E-state index contributed by atoms with van der Waals surface area (Å²) in [5, 5.41) is 6.55. The SMILES string of the molecule is CO/N=C/c1ccc(C(=O)NCc2ccc(OC)c(OC)c2)cc1. The minimum atomic E-state index is -0.153. The van der Waals surface area contributed by atoms with Gasteiger partial charge in [-0.3, -0.25) is 4.79 Å². The molecule has 0 aromatic heterocycles.